The molecule has 6 heteroatoms. The Kier molecular flexibility index (Phi) is 3.67. The molecule has 1 aromatic rings. The Labute approximate surface area is 132 Å². The first-order chi connectivity index (χ1) is 11.0. The van der Waals surface area contributed by atoms with Crippen LogP contribution in [0, 0.1) is 5.92 Å². The number of benzene rings is 1. The molecule has 3 rings (SSSR count). The third-order valence-corrected chi connectivity index (χ3v) is 4.41. The van der Waals surface area contributed by atoms with Gasteiger partial charge in [0.25, 0.3) is 0 Å². The summed E-state index contributed by atoms with van der Waals surface area (Å²) >= 11 is 0. The minimum atomic E-state index is -1.49. The fraction of sp³-hybridized carbons (Fsp3) is 0.353. The number of ether oxygens (including phenoxy) is 2. The smallest absolute Gasteiger partial charge is 0.313 e. The Morgan fingerprint density at radius 2 is 2.26 bits per heavy atom. The van der Waals surface area contributed by atoms with Crippen LogP contribution in [0.1, 0.15) is 29.6 Å². The molecular formula is C17H16O6. The Balaban J connectivity index is 2.11. The number of allylic oxidation sites excluding steroid dienone is 1. The quantitative estimate of drug-likeness (QED) is 0.661. The Hall–Kier alpha value is -2.63. The molecule has 0 aromatic heterocycles. The molecule has 1 heterocycles. The van der Waals surface area contributed by atoms with Crippen molar-refractivity contribution in [2.24, 2.45) is 5.92 Å². The monoisotopic (exact) mass is 316 g/mol. The lowest BCUT2D eigenvalue weighted by atomic mass is 9.78. The number of carbonyl (C=O) groups excluding carboxylic acids is 3. The molecule has 1 N–H and O–H groups in total. The van der Waals surface area contributed by atoms with E-state index in [1.807, 2.05) is 0 Å². The Morgan fingerprint density at radius 1 is 1.48 bits per heavy atom. The van der Waals surface area contributed by atoms with Gasteiger partial charge in [-0.25, -0.2) is 0 Å². The summed E-state index contributed by atoms with van der Waals surface area (Å²) in [5.74, 6) is -1.53. The Morgan fingerprint density at radius 3 is 2.96 bits per heavy atom. The van der Waals surface area contributed by atoms with Gasteiger partial charge in [-0.3, -0.25) is 14.4 Å². The molecule has 0 amide bonds. The van der Waals surface area contributed by atoms with Crippen LogP contribution in [0.15, 0.2) is 29.8 Å². The molecular weight excluding hydrogens is 300 g/mol. The van der Waals surface area contributed by atoms with Crippen molar-refractivity contribution < 1.29 is 29.0 Å². The van der Waals surface area contributed by atoms with E-state index in [0.717, 1.165) is 0 Å². The number of hydrogen-bond donors (Lipinski definition) is 1. The third kappa shape index (κ3) is 2.30. The van der Waals surface area contributed by atoms with Crippen LogP contribution >= 0.6 is 0 Å². The third-order valence-electron chi connectivity index (χ3n) is 4.41. The summed E-state index contributed by atoms with van der Waals surface area (Å²) in [6.45, 7) is 0. The van der Waals surface area contributed by atoms with Crippen molar-refractivity contribution in [3.05, 3.63) is 35.4 Å². The number of esters is 1. The van der Waals surface area contributed by atoms with E-state index < -0.39 is 23.3 Å². The fourth-order valence-corrected chi connectivity index (χ4v) is 3.31. The van der Waals surface area contributed by atoms with Gasteiger partial charge in [-0.15, -0.1) is 0 Å². The lowest BCUT2D eigenvalue weighted by molar-refractivity contribution is -0.151. The van der Waals surface area contributed by atoms with E-state index in [4.69, 9.17) is 9.47 Å². The lowest BCUT2D eigenvalue weighted by Gasteiger charge is -2.32. The number of carbonyl (C=O) groups is 3. The van der Waals surface area contributed by atoms with Crippen LogP contribution in [0.5, 0.6) is 11.5 Å². The molecule has 120 valence electrons. The number of phenolic OH excluding ortho intramolecular Hbond substituents is 1. The lowest BCUT2D eigenvalue weighted by Crippen LogP contribution is -2.51. The number of aromatic hydroxyl groups is 1. The van der Waals surface area contributed by atoms with E-state index in [9.17, 15) is 19.5 Å². The molecule has 0 saturated carbocycles. The molecule has 0 radical (unpaired) electrons. The maximum Gasteiger partial charge on any atom is 0.313 e. The molecule has 2 atom stereocenters. The number of Topliss-reactive ketones (excluding diaryl/α,β-unsaturated/α-hetero) is 1. The second kappa shape index (κ2) is 5.53. The zero-order valence-electron chi connectivity index (χ0n) is 12.6. The molecule has 2 aliphatic rings. The summed E-state index contributed by atoms with van der Waals surface area (Å²) in [6, 6.07) is 4.21. The van der Waals surface area contributed by atoms with E-state index in [0.29, 0.717) is 30.5 Å². The van der Waals surface area contributed by atoms with Crippen LogP contribution in [0.25, 0.3) is 0 Å². The van der Waals surface area contributed by atoms with E-state index in [-0.39, 0.29) is 17.7 Å². The second-order valence-electron chi connectivity index (χ2n) is 5.73. The van der Waals surface area contributed by atoms with Crippen LogP contribution in [0.2, 0.25) is 0 Å². The summed E-state index contributed by atoms with van der Waals surface area (Å²) in [5, 5.41) is 9.61. The van der Waals surface area contributed by atoms with Gasteiger partial charge in [0, 0.05) is 6.42 Å². The highest BCUT2D eigenvalue weighted by Crippen LogP contribution is 2.46. The van der Waals surface area contributed by atoms with Crippen molar-refractivity contribution >= 4 is 18.0 Å². The Bertz CT molecular complexity index is 720. The van der Waals surface area contributed by atoms with Gasteiger partial charge in [0.05, 0.1) is 12.7 Å². The van der Waals surface area contributed by atoms with Crippen molar-refractivity contribution in [3.8, 4) is 11.5 Å². The molecule has 1 aliphatic heterocycles. The van der Waals surface area contributed by atoms with Crippen molar-refractivity contribution in [3.63, 3.8) is 0 Å². The van der Waals surface area contributed by atoms with Gasteiger partial charge in [-0.2, -0.15) is 0 Å². The average molecular weight is 316 g/mol. The molecule has 0 fully saturated rings. The normalized spacial score (nSPS) is 26.0. The zero-order chi connectivity index (χ0) is 16.6. The predicted molar refractivity (Wildman–Crippen MR) is 79.3 cm³/mol. The maximum absolute atomic E-state index is 13.0. The van der Waals surface area contributed by atoms with Crippen molar-refractivity contribution in [2.75, 3.05) is 7.11 Å². The molecule has 1 spiro atoms. The number of phenols is 1. The summed E-state index contributed by atoms with van der Waals surface area (Å²) in [4.78, 5) is 36.4. The van der Waals surface area contributed by atoms with Gasteiger partial charge in [0.2, 0.25) is 5.78 Å². The topological polar surface area (TPSA) is 89.9 Å². The standard InChI is InChI=1S/C17H16O6/c1-22-16(21)13-4-2-3-10(9-18)8-17(13)15(20)12-7-11(19)5-6-14(12)23-17/h3,5-7,9,13,19H,2,4,8H2,1H3. The highest BCUT2D eigenvalue weighted by atomic mass is 16.5. The van der Waals surface area contributed by atoms with Gasteiger partial charge in [0.15, 0.2) is 5.60 Å². The zero-order valence-corrected chi connectivity index (χ0v) is 12.6. The summed E-state index contributed by atoms with van der Waals surface area (Å²) in [6.07, 6.45) is 3.22. The minimum absolute atomic E-state index is 0.00451. The second-order valence-corrected chi connectivity index (χ2v) is 5.73. The van der Waals surface area contributed by atoms with Gasteiger partial charge in [-0.05, 0) is 36.6 Å². The van der Waals surface area contributed by atoms with Crippen molar-refractivity contribution in [2.45, 2.75) is 24.9 Å². The first-order valence-corrected chi connectivity index (χ1v) is 7.30. The largest absolute Gasteiger partial charge is 0.508 e. The molecule has 0 bridgehead atoms. The predicted octanol–water partition coefficient (Wildman–Crippen LogP) is 1.80. The SMILES string of the molecule is COC(=O)C1CCC=C(C=O)CC12Oc1ccc(O)cc1C2=O. The van der Waals surface area contributed by atoms with E-state index in [2.05, 4.69) is 0 Å². The van der Waals surface area contributed by atoms with Crippen LogP contribution in [-0.4, -0.2) is 35.9 Å². The molecule has 23 heavy (non-hydrogen) atoms. The summed E-state index contributed by atoms with van der Waals surface area (Å²) in [7, 11) is 1.26. The van der Waals surface area contributed by atoms with E-state index in [1.165, 1.54) is 25.3 Å². The van der Waals surface area contributed by atoms with Crippen LogP contribution in [0.3, 0.4) is 0 Å². The number of methoxy groups -OCH3 is 1. The van der Waals surface area contributed by atoms with E-state index in [1.54, 1.807) is 6.08 Å². The first kappa shape index (κ1) is 15.3. The number of rotatable bonds is 2. The maximum atomic E-state index is 13.0. The van der Waals surface area contributed by atoms with Crippen molar-refractivity contribution in [1.29, 1.82) is 0 Å². The molecule has 0 saturated heterocycles. The highest BCUT2D eigenvalue weighted by Gasteiger charge is 2.57. The van der Waals surface area contributed by atoms with Gasteiger partial charge in [0.1, 0.15) is 23.7 Å². The first-order valence-electron chi connectivity index (χ1n) is 7.30. The molecule has 2 unspecified atom stereocenters. The fourth-order valence-electron chi connectivity index (χ4n) is 3.31. The van der Waals surface area contributed by atoms with Gasteiger partial charge < -0.3 is 14.6 Å². The molecule has 1 aliphatic carbocycles. The summed E-state index contributed by atoms with van der Waals surface area (Å²) in [5.41, 5.74) is -0.861. The van der Waals surface area contributed by atoms with Crippen LogP contribution < -0.4 is 4.74 Å². The van der Waals surface area contributed by atoms with Crippen LogP contribution in [-0.2, 0) is 14.3 Å². The molecule has 6 nitrogen and oxygen atoms in total. The summed E-state index contributed by atoms with van der Waals surface area (Å²) < 4.78 is 10.7. The highest BCUT2D eigenvalue weighted by molar-refractivity contribution is 6.10. The number of hydrogen-bond acceptors (Lipinski definition) is 6. The van der Waals surface area contributed by atoms with Gasteiger partial charge >= 0.3 is 5.97 Å². The average Bonchev–Trinajstić information content (AvgIpc) is 2.72. The van der Waals surface area contributed by atoms with E-state index >= 15 is 0 Å². The van der Waals surface area contributed by atoms with Crippen LogP contribution in [0.4, 0.5) is 0 Å². The van der Waals surface area contributed by atoms with Crippen molar-refractivity contribution in [1.82, 2.24) is 0 Å². The number of fused-ring (bicyclic) bond motifs is 1. The number of ketones is 1. The minimum Gasteiger partial charge on any atom is -0.508 e. The number of aldehydes is 1. The van der Waals surface area contributed by atoms with Gasteiger partial charge in [-0.1, -0.05) is 6.08 Å². The molecule has 1 aromatic carbocycles.